The summed E-state index contributed by atoms with van der Waals surface area (Å²) in [7, 11) is 0. The first-order valence-electron chi connectivity index (χ1n) is 8.17. The van der Waals surface area contributed by atoms with E-state index in [0.717, 1.165) is 38.1 Å². The molecule has 2 aliphatic rings. The van der Waals surface area contributed by atoms with Crippen LogP contribution in [0.1, 0.15) is 43.0 Å². The standard InChI is InChI=1S/C17H18F3N3O/c18-17(19,20)13-3-1-11(2-4-13)15-22-14(23-24-15)12-9-16(10-12)5-7-21-8-6-16/h1-4,12,21H,5-10H2. The van der Waals surface area contributed by atoms with Crippen molar-refractivity contribution in [3.05, 3.63) is 35.7 Å². The van der Waals surface area contributed by atoms with E-state index in [2.05, 4.69) is 15.5 Å². The molecule has 24 heavy (non-hydrogen) atoms. The molecule has 0 atom stereocenters. The van der Waals surface area contributed by atoms with E-state index >= 15 is 0 Å². The molecule has 2 aromatic rings. The van der Waals surface area contributed by atoms with Crippen LogP contribution in [0.3, 0.4) is 0 Å². The number of hydrogen-bond acceptors (Lipinski definition) is 4. The highest BCUT2D eigenvalue weighted by molar-refractivity contribution is 5.53. The molecule has 1 saturated heterocycles. The van der Waals surface area contributed by atoms with Gasteiger partial charge in [-0.1, -0.05) is 5.16 Å². The molecule has 4 nitrogen and oxygen atoms in total. The first-order chi connectivity index (χ1) is 11.5. The third kappa shape index (κ3) is 2.81. The van der Waals surface area contributed by atoms with Crippen molar-refractivity contribution >= 4 is 0 Å². The summed E-state index contributed by atoms with van der Waals surface area (Å²) in [5.41, 5.74) is 0.251. The quantitative estimate of drug-likeness (QED) is 0.900. The molecule has 1 N–H and O–H groups in total. The van der Waals surface area contributed by atoms with Gasteiger partial charge in [0.25, 0.3) is 5.89 Å². The van der Waals surface area contributed by atoms with E-state index in [9.17, 15) is 13.2 Å². The minimum atomic E-state index is -4.34. The molecule has 1 spiro atoms. The average Bonchev–Trinajstić information content (AvgIpc) is 3.02. The van der Waals surface area contributed by atoms with Crippen molar-refractivity contribution < 1.29 is 17.7 Å². The summed E-state index contributed by atoms with van der Waals surface area (Å²) >= 11 is 0. The van der Waals surface area contributed by atoms with E-state index in [0.29, 0.717) is 22.7 Å². The maximum Gasteiger partial charge on any atom is 0.416 e. The van der Waals surface area contributed by atoms with Gasteiger partial charge in [-0.3, -0.25) is 0 Å². The van der Waals surface area contributed by atoms with Gasteiger partial charge in [0.1, 0.15) is 0 Å². The van der Waals surface area contributed by atoms with Gasteiger partial charge < -0.3 is 9.84 Å². The normalized spacial score (nSPS) is 21.0. The van der Waals surface area contributed by atoms with Gasteiger partial charge >= 0.3 is 6.18 Å². The molecule has 0 radical (unpaired) electrons. The zero-order valence-corrected chi connectivity index (χ0v) is 13.1. The molecule has 2 fully saturated rings. The van der Waals surface area contributed by atoms with Crippen molar-refractivity contribution in [2.75, 3.05) is 13.1 Å². The molecule has 0 bridgehead atoms. The highest BCUT2D eigenvalue weighted by atomic mass is 19.4. The molecular weight excluding hydrogens is 319 g/mol. The lowest BCUT2D eigenvalue weighted by atomic mass is 9.57. The molecule has 0 amide bonds. The highest BCUT2D eigenvalue weighted by Gasteiger charge is 2.46. The van der Waals surface area contributed by atoms with E-state index in [1.54, 1.807) is 0 Å². The van der Waals surface area contributed by atoms with Crippen LogP contribution in [0.4, 0.5) is 13.2 Å². The van der Waals surface area contributed by atoms with Gasteiger partial charge in [-0.15, -0.1) is 0 Å². The zero-order valence-electron chi connectivity index (χ0n) is 13.1. The van der Waals surface area contributed by atoms with Crippen molar-refractivity contribution in [1.29, 1.82) is 0 Å². The first kappa shape index (κ1) is 15.6. The largest absolute Gasteiger partial charge is 0.416 e. The number of aromatic nitrogens is 2. The third-order valence-corrected chi connectivity index (χ3v) is 5.29. The summed E-state index contributed by atoms with van der Waals surface area (Å²) < 4.78 is 43.1. The number of alkyl halides is 3. The second kappa shape index (κ2) is 5.58. The topological polar surface area (TPSA) is 51.0 Å². The Morgan fingerprint density at radius 2 is 1.75 bits per heavy atom. The molecule has 1 aromatic heterocycles. The SMILES string of the molecule is FC(F)(F)c1ccc(-c2nc(C3CC4(CCNCC4)C3)no2)cc1. The van der Waals surface area contributed by atoms with Gasteiger partial charge in [0.15, 0.2) is 5.82 Å². The number of nitrogens with zero attached hydrogens (tertiary/aromatic N) is 2. The van der Waals surface area contributed by atoms with E-state index in [4.69, 9.17) is 4.52 Å². The van der Waals surface area contributed by atoms with Crippen molar-refractivity contribution in [2.45, 2.75) is 37.8 Å². The molecule has 1 aliphatic heterocycles. The molecule has 1 saturated carbocycles. The molecule has 2 heterocycles. The predicted octanol–water partition coefficient (Wildman–Crippen LogP) is 4.00. The fourth-order valence-corrected chi connectivity index (χ4v) is 3.85. The van der Waals surface area contributed by atoms with Gasteiger partial charge in [-0.25, -0.2) is 0 Å². The van der Waals surface area contributed by atoms with E-state index in [1.165, 1.54) is 25.0 Å². The minimum Gasteiger partial charge on any atom is -0.334 e. The molecule has 4 rings (SSSR count). The fourth-order valence-electron chi connectivity index (χ4n) is 3.85. The Labute approximate surface area is 137 Å². The lowest BCUT2D eigenvalue weighted by Gasteiger charge is -2.49. The maximum absolute atomic E-state index is 12.6. The second-order valence-corrected chi connectivity index (χ2v) is 6.89. The number of nitrogens with one attached hydrogen (secondary N) is 1. The Morgan fingerprint density at radius 3 is 2.38 bits per heavy atom. The van der Waals surface area contributed by atoms with Crippen LogP contribution in [0.25, 0.3) is 11.5 Å². The summed E-state index contributed by atoms with van der Waals surface area (Å²) in [6.07, 6.45) is 0.176. The second-order valence-electron chi connectivity index (χ2n) is 6.89. The monoisotopic (exact) mass is 337 g/mol. The summed E-state index contributed by atoms with van der Waals surface area (Å²) in [6, 6.07) is 4.81. The number of halogens is 3. The van der Waals surface area contributed by atoms with Crippen LogP contribution in [-0.2, 0) is 6.18 Å². The summed E-state index contributed by atoms with van der Waals surface area (Å²) in [6.45, 7) is 2.13. The highest BCUT2D eigenvalue weighted by Crippen LogP contribution is 2.55. The van der Waals surface area contributed by atoms with Crippen LogP contribution in [0.15, 0.2) is 28.8 Å². The smallest absolute Gasteiger partial charge is 0.334 e. The van der Waals surface area contributed by atoms with E-state index in [1.807, 2.05) is 0 Å². The molecule has 128 valence electrons. The van der Waals surface area contributed by atoms with Crippen LogP contribution in [0.2, 0.25) is 0 Å². The van der Waals surface area contributed by atoms with Crippen LogP contribution in [0, 0.1) is 5.41 Å². The van der Waals surface area contributed by atoms with Crippen LogP contribution in [0.5, 0.6) is 0 Å². The van der Waals surface area contributed by atoms with Gasteiger partial charge in [0, 0.05) is 11.5 Å². The Kier molecular flexibility index (Phi) is 3.63. The van der Waals surface area contributed by atoms with Crippen LogP contribution in [-0.4, -0.2) is 23.2 Å². The molecule has 0 unspecified atom stereocenters. The minimum absolute atomic E-state index is 0.282. The summed E-state index contributed by atoms with van der Waals surface area (Å²) in [5.74, 6) is 1.26. The number of benzene rings is 1. The maximum atomic E-state index is 12.6. The Hall–Kier alpha value is -1.89. The lowest BCUT2D eigenvalue weighted by Crippen LogP contribution is -2.44. The first-order valence-corrected chi connectivity index (χ1v) is 8.17. The summed E-state index contributed by atoms with van der Waals surface area (Å²) in [4.78, 5) is 4.40. The van der Waals surface area contributed by atoms with E-state index < -0.39 is 11.7 Å². The average molecular weight is 337 g/mol. The van der Waals surface area contributed by atoms with Gasteiger partial charge in [0.2, 0.25) is 0 Å². The lowest BCUT2D eigenvalue weighted by molar-refractivity contribution is -0.137. The predicted molar refractivity (Wildman–Crippen MR) is 81.2 cm³/mol. The van der Waals surface area contributed by atoms with Crippen LogP contribution < -0.4 is 5.32 Å². The van der Waals surface area contributed by atoms with Gasteiger partial charge in [-0.2, -0.15) is 18.2 Å². The van der Waals surface area contributed by atoms with Crippen molar-refractivity contribution in [3.8, 4) is 11.5 Å². The molecule has 7 heteroatoms. The Balaban J connectivity index is 1.46. The third-order valence-electron chi connectivity index (χ3n) is 5.29. The van der Waals surface area contributed by atoms with Crippen molar-refractivity contribution in [2.24, 2.45) is 5.41 Å². The molecule has 1 aliphatic carbocycles. The molecular formula is C17H18F3N3O. The van der Waals surface area contributed by atoms with Crippen molar-refractivity contribution in [3.63, 3.8) is 0 Å². The van der Waals surface area contributed by atoms with E-state index in [-0.39, 0.29) is 5.89 Å². The molecule has 1 aromatic carbocycles. The number of piperidine rings is 1. The van der Waals surface area contributed by atoms with Gasteiger partial charge in [-0.05, 0) is 68.5 Å². The Morgan fingerprint density at radius 1 is 1.08 bits per heavy atom. The fraction of sp³-hybridized carbons (Fsp3) is 0.529. The number of rotatable bonds is 2. The Bertz CT molecular complexity index is 709. The summed E-state index contributed by atoms with van der Waals surface area (Å²) in [5, 5.41) is 7.41. The van der Waals surface area contributed by atoms with Crippen LogP contribution >= 0.6 is 0 Å². The zero-order chi connectivity index (χ0) is 16.8. The van der Waals surface area contributed by atoms with Gasteiger partial charge in [0.05, 0.1) is 5.56 Å². The van der Waals surface area contributed by atoms with Crippen molar-refractivity contribution in [1.82, 2.24) is 15.5 Å². The number of hydrogen-bond donors (Lipinski definition) is 1.